The van der Waals surface area contributed by atoms with Gasteiger partial charge >= 0.3 is 107 Å². The fourth-order valence-electron chi connectivity index (χ4n) is 4.14. The van der Waals surface area contributed by atoms with Crippen LogP contribution in [-0.2, 0) is 28.5 Å². The quantitative estimate of drug-likeness (QED) is 0.200. The molecule has 1 unspecified atom stereocenters. The third-order valence-electron chi connectivity index (χ3n) is 5.57. The molecule has 0 aliphatic heterocycles. The fraction of sp³-hybridized carbons (Fsp3) is 0.308. The number of hydrogen-bond donors (Lipinski definition) is 1. The second-order valence-corrected chi connectivity index (χ2v) is 9.52. The predicted octanol–water partition coefficient (Wildman–Crippen LogP) is 3.33. The molecule has 0 saturated carbocycles. The summed E-state index contributed by atoms with van der Waals surface area (Å²) in [5, 5.41) is 23.6. The Morgan fingerprint density at radius 3 is 1.41 bits per heavy atom. The fourth-order valence-corrected chi connectivity index (χ4v) is 4.70. The number of rotatable bonds is 5. The van der Waals surface area contributed by atoms with Crippen LogP contribution in [0.5, 0.6) is 0 Å². The molecule has 0 amide bonds. The van der Waals surface area contributed by atoms with Gasteiger partial charge in [0.05, 0.1) is 17.1 Å². The molecule has 1 aromatic carbocycles. The van der Waals surface area contributed by atoms with E-state index >= 15 is 0 Å². The summed E-state index contributed by atoms with van der Waals surface area (Å²) in [6.45, 7) is 21.3. The van der Waals surface area contributed by atoms with E-state index in [1.54, 1.807) is 0 Å². The Bertz CT molecular complexity index is 1240. The number of aliphatic hydroxyl groups is 1. The van der Waals surface area contributed by atoms with Gasteiger partial charge in [0.15, 0.2) is 0 Å². The first-order chi connectivity index (χ1) is 17.7. The second-order valence-electron chi connectivity index (χ2n) is 8.48. The summed E-state index contributed by atoms with van der Waals surface area (Å²) in [4.78, 5) is 0. The molecule has 4 aromatic rings. The number of benzene rings is 1. The van der Waals surface area contributed by atoms with Crippen molar-refractivity contribution in [1.29, 1.82) is 0 Å². The van der Waals surface area contributed by atoms with Gasteiger partial charge in [0.2, 0.25) is 0 Å². The molecule has 0 spiro atoms. The Labute approximate surface area is 229 Å². The zero-order valence-corrected chi connectivity index (χ0v) is 24.9. The van der Waals surface area contributed by atoms with Crippen LogP contribution in [0.2, 0.25) is 0 Å². The van der Waals surface area contributed by atoms with Gasteiger partial charge in [-0.15, -0.1) is 0 Å². The Morgan fingerprint density at radius 2 is 1.14 bits per heavy atom. The average Bonchev–Trinajstić information content (AvgIpc) is 3.53. The molecule has 192 valence electrons. The molecule has 4 rings (SSSR count). The van der Waals surface area contributed by atoms with E-state index in [2.05, 4.69) is 70.3 Å². The van der Waals surface area contributed by atoms with E-state index in [1.165, 1.54) is 19.2 Å². The molecule has 11 heteroatoms. The SMILES string of the molecule is Cc1cc(C)n([BH-](n2nc(C)cc2C)n2nc(C)cc2C)n1.OC(C[C]#[W+])c1ccccc1.[C-]#[O+].[C-]#[O+]. The zero-order valence-electron chi connectivity index (χ0n) is 22.0. The van der Waals surface area contributed by atoms with Gasteiger partial charge in [-0.05, 0) is 76.8 Å². The molecule has 0 aliphatic carbocycles. The predicted molar refractivity (Wildman–Crippen MR) is 136 cm³/mol. The molecule has 1 N–H and O–H groups in total. The molecule has 0 fully saturated rings. The van der Waals surface area contributed by atoms with E-state index in [4.69, 9.17) is 24.6 Å². The summed E-state index contributed by atoms with van der Waals surface area (Å²) < 4.78 is 24.2. The van der Waals surface area contributed by atoms with Crippen LogP contribution in [-0.4, -0.2) is 41.3 Å². The van der Waals surface area contributed by atoms with Gasteiger partial charge < -0.3 is 13.8 Å². The van der Waals surface area contributed by atoms with Gasteiger partial charge in [-0.25, -0.2) is 15.3 Å². The molecule has 3 heterocycles. The van der Waals surface area contributed by atoms with Crippen LogP contribution in [0.4, 0.5) is 0 Å². The van der Waals surface area contributed by atoms with Gasteiger partial charge in [0, 0.05) is 0 Å². The van der Waals surface area contributed by atoms with E-state index in [0.29, 0.717) is 6.42 Å². The van der Waals surface area contributed by atoms with E-state index in [0.717, 1.165) is 39.7 Å². The Balaban J connectivity index is 0.000000385. The van der Waals surface area contributed by atoms with Gasteiger partial charge in [0.1, 0.15) is 0 Å². The zero-order chi connectivity index (χ0) is 28.1. The first-order valence-corrected chi connectivity index (χ1v) is 12.9. The first-order valence-electron chi connectivity index (χ1n) is 11.5. The molecule has 37 heavy (non-hydrogen) atoms. The van der Waals surface area contributed by atoms with Crippen molar-refractivity contribution in [1.82, 2.24) is 29.1 Å². The van der Waals surface area contributed by atoms with Crippen molar-refractivity contribution >= 4 is 7.12 Å². The van der Waals surface area contributed by atoms with Gasteiger partial charge in [0.25, 0.3) is 0 Å². The van der Waals surface area contributed by atoms with Crippen LogP contribution in [0.3, 0.4) is 0 Å². The van der Waals surface area contributed by atoms with Crippen LogP contribution < -0.4 is 0 Å². The minimum absolute atomic E-state index is 0.367. The molecule has 3 aromatic heterocycles. The molecule has 0 radical (unpaired) electrons. The summed E-state index contributed by atoms with van der Waals surface area (Å²) in [7, 11) is -1.26. The standard InChI is InChI=1S/C15H22BN6.C9H9O.2CO.W/c1-10-7-13(4)20(17-10)16(21-14(5)8-11(2)18-21)22-15(6)9-12(3)19-22;1-2-9(10)8-6-4-3-5-7-8;2*1-2;/h7-9,16H,1-6H3;3-7,9-10H,2H2;;;/q-1;;;;+1. The molecule has 1 atom stereocenters. The molecule has 0 saturated heterocycles. The Morgan fingerprint density at radius 1 is 0.784 bits per heavy atom. The van der Waals surface area contributed by atoms with Crippen molar-refractivity contribution in [2.45, 2.75) is 54.1 Å². The van der Waals surface area contributed by atoms with Crippen molar-refractivity contribution < 1.29 is 33.6 Å². The summed E-state index contributed by atoms with van der Waals surface area (Å²) >= 11 is 1.29. The van der Waals surface area contributed by atoms with E-state index < -0.39 is 7.12 Å². The van der Waals surface area contributed by atoms with Crippen molar-refractivity contribution in [2.24, 2.45) is 0 Å². The number of aryl methyl sites for hydroxylation is 6. The van der Waals surface area contributed by atoms with Crippen LogP contribution in [0.1, 0.15) is 52.3 Å². The normalized spacial score (nSPS) is 10.6. The summed E-state index contributed by atoms with van der Waals surface area (Å²) in [6, 6.07) is 15.9. The van der Waals surface area contributed by atoms with E-state index in [1.807, 2.05) is 51.1 Å². The van der Waals surface area contributed by atoms with Crippen LogP contribution in [0, 0.1) is 59.0 Å². The van der Waals surface area contributed by atoms with Crippen molar-refractivity contribution in [3.8, 4) is 4.20 Å². The maximum absolute atomic E-state index is 9.47. The van der Waals surface area contributed by atoms with Crippen molar-refractivity contribution in [3.63, 3.8) is 0 Å². The van der Waals surface area contributed by atoms with Crippen LogP contribution in [0.15, 0.2) is 48.5 Å². The third-order valence-corrected chi connectivity index (χ3v) is 6.17. The topological polar surface area (TPSA) is 113 Å². The summed E-state index contributed by atoms with van der Waals surface area (Å²) in [6.07, 6.45) is 0.271. The Kier molecular flexibility index (Phi) is 13.6. The monoisotopic (exact) mass is 670 g/mol. The van der Waals surface area contributed by atoms with E-state index in [9.17, 15) is 5.11 Å². The molecule has 0 aliphatic rings. The molecular weight excluding hydrogens is 639 g/mol. The number of aliphatic hydroxyl groups excluding tert-OH is 1. The maximum atomic E-state index is 9.47. The van der Waals surface area contributed by atoms with Crippen LogP contribution in [0.25, 0.3) is 0 Å². The first kappa shape index (κ1) is 31.9. The molecule has 9 nitrogen and oxygen atoms in total. The number of nitrogens with zero attached hydrogens (tertiary/aromatic N) is 6. The molecular formula is C26H31BN6O3W. The van der Waals surface area contributed by atoms with Crippen LogP contribution >= 0.6 is 0 Å². The van der Waals surface area contributed by atoms with Crippen molar-refractivity contribution in [2.75, 3.05) is 0 Å². The van der Waals surface area contributed by atoms with Crippen molar-refractivity contribution in [3.05, 3.63) is 102 Å². The Hall–Kier alpha value is -3.18. The number of hydrogen-bond acceptors (Lipinski definition) is 4. The minimum atomic E-state index is -1.26. The summed E-state index contributed by atoms with van der Waals surface area (Å²) in [5.41, 5.74) is 7.38. The third kappa shape index (κ3) is 8.71. The van der Waals surface area contributed by atoms with Gasteiger partial charge in [-0.3, -0.25) is 0 Å². The van der Waals surface area contributed by atoms with E-state index in [-0.39, 0.29) is 6.10 Å². The molecule has 0 bridgehead atoms. The number of aromatic nitrogens is 6. The van der Waals surface area contributed by atoms with Gasteiger partial charge in [-0.2, -0.15) is 0 Å². The average molecular weight is 670 g/mol. The summed E-state index contributed by atoms with van der Waals surface area (Å²) in [5.74, 6) is 0. The van der Waals surface area contributed by atoms with Gasteiger partial charge in [-0.1, -0.05) is 0 Å². The second kappa shape index (κ2) is 15.8.